The van der Waals surface area contributed by atoms with E-state index in [-0.39, 0.29) is 6.04 Å². The van der Waals surface area contributed by atoms with E-state index < -0.39 is 0 Å². The molecule has 3 N–H and O–H groups in total. The smallest absolute Gasteiger partial charge is 0.0902 e. The van der Waals surface area contributed by atoms with E-state index in [9.17, 15) is 0 Å². The van der Waals surface area contributed by atoms with E-state index in [4.69, 9.17) is 5.84 Å². The Morgan fingerprint density at radius 2 is 2.18 bits per heavy atom. The number of nitrogens with one attached hydrogen (secondary N) is 1. The van der Waals surface area contributed by atoms with Gasteiger partial charge in [0, 0.05) is 17.7 Å². The first-order valence-corrected chi connectivity index (χ1v) is 6.13. The van der Waals surface area contributed by atoms with Gasteiger partial charge in [-0.15, -0.1) is 0 Å². The van der Waals surface area contributed by atoms with Crippen LogP contribution >= 0.6 is 15.9 Å². The van der Waals surface area contributed by atoms with Crippen LogP contribution in [0.3, 0.4) is 0 Å². The Bertz CT molecular complexity index is 521. The summed E-state index contributed by atoms with van der Waals surface area (Å²) in [6.07, 6.45) is 1.91. The summed E-state index contributed by atoms with van der Waals surface area (Å²) in [5.74, 6) is 5.64. The molecule has 1 aromatic carbocycles. The third-order valence-electron chi connectivity index (χ3n) is 2.74. The van der Waals surface area contributed by atoms with E-state index in [1.807, 2.05) is 25.4 Å². The molecule has 1 atom stereocenters. The van der Waals surface area contributed by atoms with Gasteiger partial charge in [-0.05, 0) is 36.2 Å². The van der Waals surface area contributed by atoms with Gasteiger partial charge in [0.15, 0.2) is 0 Å². The molecule has 2 rings (SSSR count). The van der Waals surface area contributed by atoms with Crippen molar-refractivity contribution in [1.29, 1.82) is 0 Å². The molecule has 1 aromatic heterocycles. The molecular formula is C12H15BrN4. The Morgan fingerprint density at radius 3 is 2.71 bits per heavy atom. The number of hydrazine groups is 1. The van der Waals surface area contributed by atoms with Crippen LogP contribution in [0.5, 0.6) is 0 Å². The van der Waals surface area contributed by atoms with Crippen LogP contribution in [0.15, 0.2) is 34.9 Å². The highest BCUT2D eigenvalue weighted by molar-refractivity contribution is 9.10. The molecule has 0 saturated carbocycles. The van der Waals surface area contributed by atoms with Crippen molar-refractivity contribution in [2.75, 3.05) is 0 Å². The number of rotatable bonds is 3. The van der Waals surface area contributed by atoms with E-state index in [0.29, 0.717) is 0 Å². The number of hydrogen-bond donors (Lipinski definition) is 2. The third-order valence-corrected chi connectivity index (χ3v) is 3.23. The maximum Gasteiger partial charge on any atom is 0.0902 e. The average Bonchev–Trinajstić information content (AvgIpc) is 2.69. The van der Waals surface area contributed by atoms with E-state index in [2.05, 4.69) is 45.5 Å². The molecule has 0 aliphatic rings. The molecule has 90 valence electrons. The molecule has 0 saturated heterocycles. The Kier molecular flexibility index (Phi) is 3.61. The standard InChI is InChI=1S/C12H15BrN4/c1-8-7-9(13)3-4-10(8)12(15-14)11-5-6-17(2)16-11/h3-7,12,15H,14H2,1-2H3. The summed E-state index contributed by atoms with van der Waals surface area (Å²) in [4.78, 5) is 0. The fourth-order valence-electron chi connectivity index (χ4n) is 1.88. The molecular weight excluding hydrogens is 280 g/mol. The van der Waals surface area contributed by atoms with Crippen LogP contribution in [0.1, 0.15) is 22.9 Å². The van der Waals surface area contributed by atoms with Crippen molar-refractivity contribution in [2.45, 2.75) is 13.0 Å². The van der Waals surface area contributed by atoms with Crippen molar-refractivity contribution in [2.24, 2.45) is 12.9 Å². The zero-order valence-corrected chi connectivity index (χ0v) is 11.4. The number of nitrogens with zero attached hydrogens (tertiary/aromatic N) is 2. The summed E-state index contributed by atoms with van der Waals surface area (Å²) in [6, 6.07) is 8.02. The summed E-state index contributed by atoms with van der Waals surface area (Å²) in [6.45, 7) is 2.06. The van der Waals surface area contributed by atoms with Crippen molar-refractivity contribution in [3.05, 3.63) is 51.8 Å². The van der Waals surface area contributed by atoms with Crippen molar-refractivity contribution >= 4 is 15.9 Å². The maximum atomic E-state index is 5.64. The molecule has 5 heteroatoms. The van der Waals surface area contributed by atoms with Crippen molar-refractivity contribution < 1.29 is 0 Å². The molecule has 0 aliphatic carbocycles. The first-order valence-electron chi connectivity index (χ1n) is 5.33. The van der Waals surface area contributed by atoms with E-state index in [1.54, 1.807) is 4.68 Å². The number of hydrogen-bond acceptors (Lipinski definition) is 3. The molecule has 0 radical (unpaired) electrons. The second-order valence-electron chi connectivity index (χ2n) is 4.01. The Labute approximate surface area is 109 Å². The molecule has 1 heterocycles. The molecule has 0 fully saturated rings. The topological polar surface area (TPSA) is 55.9 Å². The van der Waals surface area contributed by atoms with E-state index in [0.717, 1.165) is 15.7 Å². The Morgan fingerprint density at radius 1 is 1.41 bits per heavy atom. The Hall–Kier alpha value is -1.17. The monoisotopic (exact) mass is 294 g/mol. The largest absolute Gasteiger partial charge is 0.275 e. The maximum absolute atomic E-state index is 5.64. The second-order valence-corrected chi connectivity index (χ2v) is 4.93. The lowest BCUT2D eigenvalue weighted by Gasteiger charge is -2.16. The predicted molar refractivity (Wildman–Crippen MR) is 71.3 cm³/mol. The van der Waals surface area contributed by atoms with Gasteiger partial charge in [0.05, 0.1) is 11.7 Å². The highest BCUT2D eigenvalue weighted by atomic mass is 79.9. The van der Waals surface area contributed by atoms with Crippen LogP contribution in [0, 0.1) is 6.92 Å². The fourth-order valence-corrected chi connectivity index (χ4v) is 2.36. The highest BCUT2D eigenvalue weighted by Gasteiger charge is 2.16. The summed E-state index contributed by atoms with van der Waals surface area (Å²) >= 11 is 3.46. The van der Waals surface area contributed by atoms with Crippen LogP contribution in [-0.4, -0.2) is 9.78 Å². The zero-order chi connectivity index (χ0) is 12.4. The van der Waals surface area contributed by atoms with Gasteiger partial charge in [0.1, 0.15) is 0 Å². The normalized spacial score (nSPS) is 12.7. The van der Waals surface area contributed by atoms with Crippen molar-refractivity contribution in [1.82, 2.24) is 15.2 Å². The summed E-state index contributed by atoms with van der Waals surface area (Å²) < 4.78 is 2.84. The van der Waals surface area contributed by atoms with E-state index in [1.165, 1.54) is 5.56 Å². The quantitative estimate of drug-likeness (QED) is 0.673. The SMILES string of the molecule is Cc1cc(Br)ccc1C(NN)c1ccn(C)n1. The van der Waals surface area contributed by atoms with Gasteiger partial charge in [-0.25, -0.2) is 5.43 Å². The molecule has 17 heavy (non-hydrogen) atoms. The molecule has 2 aromatic rings. The minimum Gasteiger partial charge on any atom is -0.275 e. The predicted octanol–water partition coefficient (Wildman–Crippen LogP) is 2.04. The molecule has 1 unspecified atom stereocenters. The van der Waals surface area contributed by atoms with Gasteiger partial charge in [-0.3, -0.25) is 10.5 Å². The zero-order valence-electron chi connectivity index (χ0n) is 9.81. The molecule has 4 nitrogen and oxygen atoms in total. The first kappa shape index (κ1) is 12.3. The number of halogens is 1. The van der Waals surface area contributed by atoms with Crippen LogP contribution in [-0.2, 0) is 7.05 Å². The third kappa shape index (κ3) is 2.57. The lowest BCUT2D eigenvalue weighted by Crippen LogP contribution is -2.29. The molecule has 0 aliphatic heterocycles. The van der Waals surface area contributed by atoms with Crippen molar-refractivity contribution in [3.8, 4) is 0 Å². The van der Waals surface area contributed by atoms with E-state index >= 15 is 0 Å². The van der Waals surface area contributed by atoms with Gasteiger partial charge in [0.2, 0.25) is 0 Å². The average molecular weight is 295 g/mol. The highest BCUT2D eigenvalue weighted by Crippen LogP contribution is 2.25. The minimum absolute atomic E-state index is 0.0794. The molecule has 0 bridgehead atoms. The lowest BCUT2D eigenvalue weighted by atomic mass is 9.99. The number of benzene rings is 1. The Balaban J connectivity index is 2.42. The van der Waals surface area contributed by atoms with Crippen LogP contribution in [0.25, 0.3) is 0 Å². The van der Waals surface area contributed by atoms with Gasteiger partial charge in [0.25, 0.3) is 0 Å². The second kappa shape index (κ2) is 5.00. The number of aryl methyl sites for hydroxylation is 2. The van der Waals surface area contributed by atoms with Gasteiger partial charge < -0.3 is 0 Å². The molecule has 0 amide bonds. The summed E-state index contributed by atoms with van der Waals surface area (Å²) in [7, 11) is 1.89. The minimum atomic E-state index is -0.0794. The van der Waals surface area contributed by atoms with Crippen molar-refractivity contribution in [3.63, 3.8) is 0 Å². The van der Waals surface area contributed by atoms with Crippen LogP contribution < -0.4 is 11.3 Å². The lowest BCUT2D eigenvalue weighted by molar-refractivity contribution is 0.601. The van der Waals surface area contributed by atoms with Gasteiger partial charge >= 0.3 is 0 Å². The first-order chi connectivity index (χ1) is 8.11. The number of nitrogens with two attached hydrogens (primary N) is 1. The fraction of sp³-hybridized carbons (Fsp3) is 0.250. The van der Waals surface area contributed by atoms with Crippen LogP contribution in [0.4, 0.5) is 0 Å². The number of aromatic nitrogens is 2. The molecule has 0 spiro atoms. The van der Waals surface area contributed by atoms with Crippen LogP contribution in [0.2, 0.25) is 0 Å². The van der Waals surface area contributed by atoms with Gasteiger partial charge in [-0.1, -0.05) is 22.0 Å². The summed E-state index contributed by atoms with van der Waals surface area (Å²) in [5, 5.41) is 4.38. The van der Waals surface area contributed by atoms with Gasteiger partial charge in [-0.2, -0.15) is 5.10 Å². The summed E-state index contributed by atoms with van der Waals surface area (Å²) in [5.41, 5.74) is 6.04.